The Hall–Kier alpha value is -3.67. The number of hydrogen-bond donors (Lipinski definition) is 0. The molecule has 0 radical (unpaired) electrons. The Balaban J connectivity index is 4.44. The Bertz CT molecular complexity index is 1400. The normalized spacial score (nSPS) is 12.8. The number of ether oxygens (including phenoxy) is 3. The van der Waals surface area contributed by atoms with Crippen molar-refractivity contribution in [2.24, 2.45) is 0 Å². The van der Waals surface area contributed by atoms with E-state index in [1.165, 1.54) is 96.3 Å². The predicted octanol–water partition coefficient (Wildman–Crippen LogP) is 19.7. The highest BCUT2D eigenvalue weighted by atomic mass is 16.6. The van der Waals surface area contributed by atoms with Gasteiger partial charge in [-0.3, -0.25) is 14.4 Å². The van der Waals surface area contributed by atoms with Gasteiger partial charge in [0.2, 0.25) is 0 Å². The van der Waals surface area contributed by atoms with Crippen molar-refractivity contribution in [3.63, 3.8) is 0 Å². The lowest BCUT2D eigenvalue weighted by molar-refractivity contribution is -0.167. The SMILES string of the molecule is CC/C=C\C/C=C\C/C=C\C/C=C\C/C=C\CCCCCCCC(=O)OCC(COC(=O)CCCCCCC/C=C\C/C=C\CCCC)OC(=O)CCCCCCCCC/C=C\CCCCCCCC. The molecule has 0 spiro atoms. The van der Waals surface area contributed by atoms with E-state index in [1.807, 2.05) is 0 Å². The molecular weight excluding hydrogens is 865 g/mol. The fourth-order valence-corrected chi connectivity index (χ4v) is 7.89. The van der Waals surface area contributed by atoms with Gasteiger partial charge in [-0.2, -0.15) is 0 Å². The van der Waals surface area contributed by atoms with E-state index in [2.05, 4.69) is 118 Å². The van der Waals surface area contributed by atoms with Crippen LogP contribution in [0.3, 0.4) is 0 Å². The van der Waals surface area contributed by atoms with Crippen LogP contribution >= 0.6 is 0 Å². The van der Waals surface area contributed by atoms with Crippen LogP contribution in [0, 0.1) is 0 Å². The van der Waals surface area contributed by atoms with Crippen molar-refractivity contribution in [1.29, 1.82) is 0 Å². The molecule has 0 N–H and O–H groups in total. The Morgan fingerprint density at radius 3 is 0.929 bits per heavy atom. The Morgan fingerprint density at radius 2 is 0.571 bits per heavy atom. The van der Waals surface area contributed by atoms with Gasteiger partial charge in [0.25, 0.3) is 0 Å². The van der Waals surface area contributed by atoms with Gasteiger partial charge in [-0.1, -0.05) is 234 Å². The van der Waals surface area contributed by atoms with Crippen LogP contribution in [-0.4, -0.2) is 37.2 Å². The summed E-state index contributed by atoms with van der Waals surface area (Å²) in [4.78, 5) is 38.2. The number of carbonyl (C=O) groups is 3. The van der Waals surface area contributed by atoms with Crippen molar-refractivity contribution in [1.82, 2.24) is 0 Å². The maximum absolute atomic E-state index is 12.9. The standard InChI is InChI=1S/C64H108O6/c1-4-7-10-13-16-19-22-25-28-30-31-32-33-35-36-39-42-45-48-51-54-57-63(66)69-60-61(59-68-62(65)56-53-50-47-44-41-38-27-24-21-18-15-12-9-6-3)70-64(67)58-55-52-49-46-43-40-37-34-29-26-23-20-17-14-11-8-5-2/h7,10,15-16,18-19,24-29,31-32,35-36,61H,4-6,8-9,11-14,17,20-23,30,33-34,37-60H2,1-3H3/b10-7-,18-15-,19-16-,27-24-,28-25-,29-26-,32-31-,36-35-. The minimum Gasteiger partial charge on any atom is -0.462 e. The molecule has 0 amide bonds. The average Bonchev–Trinajstić information content (AvgIpc) is 3.36. The number of hydrogen-bond acceptors (Lipinski definition) is 6. The van der Waals surface area contributed by atoms with E-state index in [4.69, 9.17) is 14.2 Å². The molecule has 0 saturated heterocycles. The summed E-state index contributed by atoms with van der Waals surface area (Å²) in [6.45, 7) is 6.46. The largest absolute Gasteiger partial charge is 0.462 e. The van der Waals surface area contributed by atoms with E-state index in [9.17, 15) is 14.4 Å². The fourth-order valence-electron chi connectivity index (χ4n) is 7.89. The molecule has 0 aromatic carbocycles. The van der Waals surface area contributed by atoms with E-state index in [-0.39, 0.29) is 31.1 Å². The summed E-state index contributed by atoms with van der Waals surface area (Å²) in [6.07, 6.45) is 76.8. The quantitative estimate of drug-likeness (QED) is 0.0262. The molecule has 1 atom stereocenters. The molecule has 6 heteroatoms. The zero-order chi connectivity index (χ0) is 50.7. The maximum Gasteiger partial charge on any atom is 0.306 e. The van der Waals surface area contributed by atoms with Crippen LogP contribution in [0.5, 0.6) is 0 Å². The van der Waals surface area contributed by atoms with Crippen LogP contribution in [0.2, 0.25) is 0 Å². The third-order valence-corrected chi connectivity index (χ3v) is 12.3. The number of unbranched alkanes of at least 4 members (excludes halogenated alkanes) is 25. The van der Waals surface area contributed by atoms with Crippen LogP contribution in [0.15, 0.2) is 97.2 Å². The predicted molar refractivity (Wildman–Crippen MR) is 302 cm³/mol. The second-order valence-corrected chi connectivity index (χ2v) is 19.2. The minimum atomic E-state index is -0.795. The highest BCUT2D eigenvalue weighted by molar-refractivity contribution is 5.71. The van der Waals surface area contributed by atoms with E-state index in [0.717, 1.165) is 135 Å². The molecule has 6 nitrogen and oxygen atoms in total. The molecule has 0 aromatic heterocycles. The van der Waals surface area contributed by atoms with Gasteiger partial charge in [0.15, 0.2) is 6.10 Å². The topological polar surface area (TPSA) is 78.9 Å². The second kappa shape index (κ2) is 57.9. The van der Waals surface area contributed by atoms with Gasteiger partial charge in [-0.05, 0) is 116 Å². The number of carbonyl (C=O) groups excluding carboxylic acids is 3. The van der Waals surface area contributed by atoms with E-state index in [0.29, 0.717) is 19.3 Å². The smallest absolute Gasteiger partial charge is 0.306 e. The van der Waals surface area contributed by atoms with Crippen molar-refractivity contribution in [2.75, 3.05) is 13.2 Å². The zero-order valence-electron chi connectivity index (χ0n) is 45.8. The molecule has 0 fully saturated rings. The third-order valence-electron chi connectivity index (χ3n) is 12.3. The van der Waals surface area contributed by atoms with E-state index < -0.39 is 6.10 Å². The Labute approximate surface area is 432 Å². The summed E-state index contributed by atoms with van der Waals surface area (Å²) in [5.74, 6) is -0.925. The van der Waals surface area contributed by atoms with Crippen molar-refractivity contribution in [3.8, 4) is 0 Å². The summed E-state index contributed by atoms with van der Waals surface area (Å²) in [7, 11) is 0. The van der Waals surface area contributed by atoms with Gasteiger partial charge in [-0.15, -0.1) is 0 Å². The first-order chi connectivity index (χ1) is 34.5. The molecule has 0 heterocycles. The van der Waals surface area contributed by atoms with Crippen molar-refractivity contribution >= 4 is 17.9 Å². The molecule has 0 aliphatic carbocycles. The van der Waals surface area contributed by atoms with Gasteiger partial charge in [0, 0.05) is 19.3 Å². The Kier molecular flexibility index (Phi) is 54.9. The lowest BCUT2D eigenvalue weighted by atomic mass is 10.1. The molecule has 1 unspecified atom stereocenters. The van der Waals surface area contributed by atoms with Crippen LogP contribution < -0.4 is 0 Å². The summed E-state index contributed by atoms with van der Waals surface area (Å²) in [5, 5.41) is 0. The summed E-state index contributed by atoms with van der Waals surface area (Å²) < 4.78 is 16.9. The molecule has 0 saturated carbocycles. The first kappa shape index (κ1) is 66.3. The first-order valence-electron chi connectivity index (χ1n) is 29.2. The van der Waals surface area contributed by atoms with Gasteiger partial charge in [-0.25, -0.2) is 0 Å². The van der Waals surface area contributed by atoms with Gasteiger partial charge < -0.3 is 14.2 Å². The van der Waals surface area contributed by atoms with Gasteiger partial charge in [0.05, 0.1) is 0 Å². The minimum absolute atomic E-state index is 0.0931. The lowest BCUT2D eigenvalue weighted by Gasteiger charge is -2.18. The van der Waals surface area contributed by atoms with Crippen LogP contribution in [0.4, 0.5) is 0 Å². The van der Waals surface area contributed by atoms with Gasteiger partial charge >= 0.3 is 17.9 Å². The number of rotatable bonds is 52. The van der Waals surface area contributed by atoms with Crippen molar-refractivity contribution < 1.29 is 28.6 Å². The highest BCUT2D eigenvalue weighted by Crippen LogP contribution is 2.14. The second-order valence-electron chi connectivity index (χ2n) is 19.2. The van der Waals surface area contributed by atoms with Gasteiger partial charge in [0.1, 0.15) is 13.2 Å². The molecule has 0 aliphatic heterocycles. The first-order valence-corrected chi connectivity index (χ1v) is 29.2. The fraction of sp³-hybridized carbons (Fsp3) is 0.703. The van der Waals surface area contributed by atoms with Crippen LogP contribution in [0.25, 0.3) is 0 Å². The lowest BCUT2D eigenvalue weighted by Crippen LogP contribution is -2.30. The molecule has 0 aliphatic rings. The summed E-state index contributed by atoms with van der Waals surface area (Å²) >= 11 is 0. The molecule has 0 aromatic rings. The molecule has 70 heavy (non-hydrogen) atoms. The van der Waals surface area contributed by atoms with Crippen LogP contribution in [0.1, 0.15) is 271 Å². The average molecular weight is 974 g/mol. The summed E-state index contributed by atoms with van der Waals surface area (Å²) in [6, 6.07) is 0. The highest BCUT2D eigenvalue weighted by Gasteiger charge is 2.19. The zero-order valence-corrected chi connectivity index (χ0v) is 45.8. The maximum atomic E-state index is 12.9. The van der Waals surface area contributed by atoms with Crippen molar-refractivity contribution in [2.45, 2.75) is 277 Å². The van der Waals surface area contributed by atoms with Crippen molar-refractivity contribution in [3.05, 3.63) is 97.2 Å². The molecule has 400 valence electrons. The Morgan fingerprint density at radius 1 is 0.300 bits per heavy atom. The monoisotopic (exact) mass is 973 g/mol. The number of esters is 3. The molecular formula is C64H108O6. The summed E-state index contributed by atoms with van der Waals surface area (Å²) in [5.41, 5.74) is 0. The molecule has 0 bridgehead atoms. The van der Waals surface area contributed by atoms with E-state index >= 15 is 0 Å². The third kappa shape index (κ3) is 55.3. The van der Waals surface area contributed by atoms with Crippen LogP contribution in [-0.2, 0) is 28.6 Å². The van der Waals surface area contributed by atoms with E-state index in [1.54, 1.807) is 0 Å². The number of allylic oxidation sites excluding steroid dienone is 16. The molecule has 0 rings (SSSR count).